The summed E-state index contributed by atoms with van der Waals surface area (Å²) in [6.45, 7) is 2.11. The molecule has 3 rings (SSSR count). The fourth-order valence-electron chi connectivity index (χ4n) is 4.30. The van der Waals surface area contributed by atoms with Gasteiger partial charge >= 0.3 is 5.97 Å². The lowest BCUT2D eigenvalue weighted by molar-refractivity contribution is -0.160. The fraction of sp³-hybridized carbons (Fsp3) is 0.708. The van der Waals surface area contributed by atoms with Crippen LogP contribution in [0.4, 0.5) is 0 Å². The highest BCUT2D eigenvalue weighted by atomic mass is 16.5. The van der Waals surface area contributed by atoms with Crippen molar-refractivity contribution < 1.29 is 31.3 Å². The van der Waals surface area contributed by atoms with Gasteiger partial charge in [-0.15, -0.1) is 0 Å². The molecule has 1 aromatic carbocycles. The summed E-state index contributed by atoms with van der Waals surface area (Å²) in [6.07, 6.45) is -3.03. The van der Waals surface area contributed by atoms with E-state index >= 15 is 0 Å². The van der Waals surface area contributed by atoms with E-state index in [1.807, 2.05) is 4.90 Å². The number of ether oxygens (including phenoxy) is 3. The van der Waals surface area contributed by atoms with Crippen LogP contribution in [0.2, 0.25) is 0 Å². The molecule has 2 N–H and O–H groups in total. The molecule has 0 bridgehead atoms. The van der Waals surface area contributed by atoms with Crippen molar-refractivity contribution in [3.05, 3.63) is 23.3 Å². The zero-order chi connectivity index (χ0) is 29.7. The van der Waals surface area contributed by atoms with Crippen LogP contribution in [0, 0.1) is 17.7 Å². The molecule has 1 aromatic rings. The van der Waals surface area contributed by atoms with Gasteiger partial charge in [0.15, 0.2) is 11.5 Å². The highest BCUT2D eigenvalue weighted by Gasteiger charge is 2.41. The minimum Gasteiger partial charge on any atom is -0.493 e. The van der Waals surface area contributed by atoms with Crippen LogP contribution in [0.1, 0.15) is 69.9 Å². The lowest BCUT2D eigenvalue weighted by Gasteiger charge is -2.47. The molecule has 2 aliphatic rings. The number of esters is 1. The van der Waals surface area contributed by atoms with E-state index in [0.29, 0.717) is 13.0 Å². The van der Waals surface area contributed by atoms with E-state index in [1.54, 1.807) is 26.0 Å². The minimum absolute atomic E-state index is 0.0341. The van der Waals surface area contributed by atoms with Crippen LogP contribution in [-0.4, -0.2) is 50.3 Å². The van der Waals surface area contributed by atoms with E-state index in [9.17, 15) is 4.79 Å². The molecule has 6 nitrogen and oxygen atoms in total. The molecular formula is C24H38N2O4. The third-order valence-corrected chi connectivity index (χ3v) is 6.00. The number of carbonyl (C=O) groups excluding carboxylic acids is 1. The highest BCUT2D eigenvalue weighted by Crippen LogP contribution is 2.44. The van der Waals surface area contributed by atoms with Crippen molar-refractivity contribution in [2.24, 2.45) is 23.5 Å². The molecule has 0 aromatic heterocycles. The fourth-order valence-corrected chi connectivity index (χ4v) is 4.30. The summed E-state index contributed by atoms with van der Waals surface area (Å²) >= 11 is 0. The Morgan fingerprint density at radius 1 is 1.37 bits per heavy atom. The maximum atomic E-state index is 12.9. The summed E-state index contributed by atoms with van der Waals surface area (Å²) in [4.78, 5) is 14.9. The maximum Gasteiger partial charge on any atom is 0.323 e. The van der Waals surface area contributed by atoms with Crippen molar-refractivity contribution in [1.82, 2.24) is 4.90 Å². The van der Waals surface area contributed by atoms with E-state index in [2.05, 4.69) is 0 Å². The normalized spacial score (nSPS) is 32.6. The minimum atomic E-state index is -2.93. The van der Waals surface area contributed by atoms with Gasteiger partial charge in [-0.1, -0.05) is 27.6 Å². The van der Waals surface area contributed by atoms with Crippen molar-refractivity contribution >= 4 is 5.97 Å². The highest BCUT2D eigenvalue weighted by molar-refractivity contribution is 5.76. The van der Waals surface area contributed by atoms with E-state index < -0.39 is 50.2 Å². The van der Waals surface area contributed by atoms with Crippen molar-refractivity contribution in [3.8, 4) is 11.5 Å². The zero-order valence-electron chi connectivity index (χ0n) is 27.0. The number of hydrogen-bond acceptors (Lipinski definition) is 6. The van der Waals surface area contributed by atoms with E-state index in [1.165, 1.54) is 7.11 Å². The Bertz CT molecular complexity index is 1060. The number of nitrogens with zero attached hydrogens (tertiary/aromatic N) is 1. The van der Waals surface area contributed by atoms with Crippen LogP contribution in [0.25, 0.3) is 0 Å². The summed E-state index contributed by atoms with van der Waals surface area (Å²) in [5.74, 6) is -4.29. The molecular weight excluding hydrogens is 380 g/mol. The molecule has 2 heterocycles. The van der Waals surface area contributed by atoms with Gasteiger partial charge in [0, 0.05) is 39.7 Å². The molecule has 168 valence electrons. The lowest BCUT2D eigenvalue weighted by Crippen LogP contribution is -2.51. The van der Waals surface area contributed by atoms with Crippen molar-refractivity contribution in [3.63, 3.8) is 0 Å². The Kier molecular flexibility index (Phi) is 4.33. The Balaban J connectivity index is 2.05. The Labute approximate surface area is 193 Å². The smallest absolute Gasteiger partial charge is 0.323 e. The molecule has 2 aliphatic heterocycles. The van der Waals surface area contributed by atoms with Crippen LogP contribution in [0.3, 0.4) is 0 Å². The summed E-state index contributed by atoms with van der Waals surface area (Å²) in [5.41, 5.74) is 7.62. The van der Waals surface area contributed by atoms with Gasteiger partial charge in [0.2, 0.25) is 0 Å². The number of nitrogens with two attached hydrogens (primary N) is 1. The van der Waals surface area contributed by atoms with Crippen molar-refractivity contribution in [2.75, 3.05) is 27.2 Å². The summed E-state index contributed by atoms with van der Waals surface area (Å²) < 4.78 is 88.5. The van der Waals surface area contributed by atoms with E-state index in [-0.39, 0.29) is 36.4 Å². The van der Waals surface area contributed by atoms with Crippen LogP contribution in [0.5, 0.6) is 11.5 Å². The molecule has 0 saturated carbocycles. The average Bonchev–Trinajstić information content (AvgIpc) is 2.80. The second kappa shape index (κ2) is 9.56. The number of carbonyl (C=O) groups is 1. The number of fused-ring (bicyclic) bond motifs is 3. The molecule has 5 atom stereocenters. The number of piperidine rings is 1. The summed E-state index contributed by atoms with van der Waals surface area (Å²) in [6, 6.07) is 1.97. The number of methoxy groups -OCH3 is 2. The first-order valence-corrected chi connectivity index (χ1v) is 10.3. The second-order valence-corrected chi connectivity index (χ2v) is 8.42. The average molecular weight is 428 g/mol. The molecule has 0 radical (unpaired) electrons. The monoisotopic (exact) mass is 427 g/mol. The first-order valence-electron chi connectivity index (χ1n) is 14.8. The topological polar surface area (TPSA) is 74.0 Å². The SMILES string of the molecule is [2H]C([2H])([2H])Oc1cc2c(cc1OC)[C@@H]1C[C@@H](OC(=O)[C@@H](N)C(C)C)[C@@H](C([2H])([2H])C([2H])(C)C([2H])([2H])[2H])CN1CC2. The van der Waals surface area contributed by atoms with Gasteiger partial charge in [0.25, 0.3) is 0 Å². The van der Waals surface area contributed by atoms with E-state index in [0.717, 1.165) is 18.1 Å². The Morgan fingerprint density at radius 3 is 2.80 bits per heavy atom. The molecule has 30 heavy (non-hydrogen) atoms. The second-order valence-electron chi connectivity index (χ2n) is 8.42. The van der Waals surface area contributed by atoms with Crippen LogP contribution >= 0.6 is 0 Å². The third kappa shape index (κ3) is 4.75. The number of rotatable bonds is 7. The standard InChI is InChI=1S/C24H38N2O4/c1-14(2)9-17-13-26-8-7-16-10-21(28-5)22(29-6)11-18(16)19(26)12-20(17)30-24(27)23(25)15(3)4/h10-11,14-15,17,19-20,23H,7-9,12-13,25H2,1-6H3/t17-,19-,20+,23-/m0/s1/i1D3,5D3,9D2,14D/t14?,17-,19-,20+,23-. The molecule has 1 unspecified atom stereocenters. The predicted octanol–water partition coefficient (Wildman–Crippen LogP) is 3.56. The van der Waals surface area contributed by atoms with Crippen LogP contribution < -0.4 is 15.2 Å². The zero-order valence-corrected chi connectivity index (χ0v) is 18.0. The van der Waals surface area contributed by atoms with Gasteiger partial charge in [0.1, 0.15) is 12.1 Å². The van der Waals surface area contributed by atoms with Gasteiger partial charge in [-0.3, -0.25) is 9.69 Å². The van der Waals surface area contributed by atoms with Gasteiger partial charge in [-0.25, -0.2) is 0 Å². The first kappa shape index (κ1) is 13.6. The third-order valence-electron chi connectivity index (χ3n) is 6.00. The first-order chi connectivity index (χ1) is 17.7. The Hall–Kier alpha value is -1.79. The predicted molar refractivity (Wildman–Crippen MR) is 118 cm³/mol. The van der Waals surface area contributed by atoms with Crippen molar-refractivity contribution in [1.29, 1.82) is 0 Å². The number of hydrogen-bond donors (Lipinski definition) is 1. The largest absolute Gasteiger partial charge is 0.493 e. The Morgan fingerprint density at radius 2 is 2.13 bits per heavy atom. The van der Waals surface area contributed by atoms with Gasteiger partial charge < -0.3 is 19.9 Å². The molecule has 0 aliphatic carbocycles. The maximum absolute atomic E-state index is 12.9. The van der Waals surface area contributed by atoms with Gasteiger partial charge in [-0.05, 0) is 47.9 Å². The molecule has 0 amide bonds. The molecule has 1 saturated heterocycles. The quantitative estimate of drug-likeness (QED) is 0.671. The van der Waals surface area contributed by atoms with E-state index in [4.69, 9.17) is 32.3 Å². The van der Waals surface area contributed by atoms with Gasteiger partial charge in [0.05, 0.1) is 18.3 Å². The van der Waals surface area contributed by atoms with Crippen LogP contribution in [-0.2, 0) is 16.0 Å². The lowest BCUT2D eigenvalue weighted by atomic mass is 9.79. The van der Waals surface area contributed by atoms with Crippen molar-refractivity contribution in [2.45, 2.75) is 65.0 Å². The number of benzene rings is 1. The van der Waals surface area contributed by atoms with Crippen LogP contribution in [0.15, 0.2) is 12.1 Å². The summed E-state index contributed by atoms with van der Waals surface area (Å²) in [5, 5.41) is 0. The molecule has 0 spiro atoms. The van der Waals surface area contributed by atoms with Gasteiger partial charge in [-0.2, -0.15) is 0 Å². The summed E-state index contributed by atoms with van der Waals surface area (Å²) in [7, 11) is -1.28. The molecule has 6 heteroatoms. The molecule has 1 fully saturated rings.